The number of aldehydes is 1. The highest BCUT2D eigenvalue weighted by molar-refractivity contribution is 5.98. The summed E-state index contributed by atoms with van der Waals surface area (Å²) in [5.74, 6) is -1.77. The quantitative estimate of drug-likeness (QED) is 0.774. The van der Waals surface area contributed by atoms with E-state index in [0.717, 1.165) is 12.1 Å². The van der Waals surface area contributed by atoms with E-state index in [4.69, 9.17) is 5.11 Å². The molecule has 3 nitrogen and oxygen atoms in total. The first-order chi connectivity index (χ1) is 6.88. The Bertz CT molecular complexity index is 410. The molecule has 0 radical (unpaired) electrons. The molecule has 1 rings (SSSR count). The zero-order chi connectivity index (χ0) is 11.6. The van der Waals surface area contributed by atoms with E-state index in [1.807, 2.05) is 0 Å². The van der Waals surface area contributed by atoms with Crippen LogP contribution in [-0.4, -0.2) is 17.4 Å². The maximum atomic E-state index is 12.3. The number of carboxylic acid groups (broad SMARTS) is 1. The van der Waals surface area contributed by atoms with Crippen molar-refractivity contribution in [2.75, 3.05) is 0 Å². The molecule has 80 valence electrons. The lowest BCUT2D eigenvalue weighted by molar-refractivity contribution is -0.138. The predicted octanol–water partition coefficient (Wildman–Crippen LogP) is 2.22. The topological polar surface area (TPSA) is 54.4 Å². The summed E-state index contributed by atoms with van der Waals surface area (Å²) in [5.41, 5.74) is -2.82. The first-order valence-electron chi connectivity index (χ1n) is 3.76. The van der Waals surface area contributed by atoms with Crippen molar-refractivity contribution in [1.29, 1.82) is 0 Å². The number of hydrogen-bond donors (Lipinski definition) is 1. The molecule has 0 fully saturated rings. The Morgan fingerprint density at radius 2 is 1.93 bits per heavy atom. The molecule has 0 aliphatic rings. The largest absolute Gasteiger partial charge is 0.478 e. The Kier molecular flexibility index (Phi) is 2.78. The second kappa shape index (κ2) is 3.72. The standard InChI is InChI=1S/C9H5F3O3/c10-9(11,12)6-3-1-2-5(4-13)7(6)8(14)15/h1-4H,(H,14,15). The summed E-state index contributed by atoms with van der Waals surface area (Å²) in [6.07, 6.45) is -4.70. The maximum Gasteiger partial charge on any atom is 0.417 e. The van der Waals surface area contributed by atoms with Gasteiger partial charge in [0.25, 0.3) is 0 Å². The Morgan fingerprint density at radius 1 is 1.33 bits per heavy atom. The number of carbonyl (C=O) groups is 2. The molecule has 0 bridgehead atoms. The van der Waals surface area contributed by atoms with Crippen LogP contribution in [0.2, 0.25) is 0 Å². The van der Waals surface area contributed by atoms with Gasteiger partial charge in [-0.15, -0.1) is 0 Å². The Hall–Kier alpha value is -1.85. The molecular weight excluding hydrogens is 213 g/mol. The fourth-order valence-corrected chi connectivity index (χ4v) is 1.14. The number of benzene rings is 1. The van der Waals surface area contributed by atoms with Crippen molar-refractivity contribution < 1.29 is 27.9 Å². The van der Waals surface area contributed by atoms with E-state index in [1.54, 1.807) is 0 Å². The van der Waals surface area contributed by atoms with Gasteiger partial charge in [0.15, 0.2) is 6.29 Å². The minimum absolute atomic E-state index is 0.0820. The molecule has 0 saturated carbocycles. The van der Waals surface area contributed by atoms with Crippen LogP contribution in [-0.2, 0) is 6.18 Å². The Balaban J connectivity index is 3.52. The van der Waals surface area contributed by atoms with Crippen LogP contribution in [0.4, 0.5) is 13.2 Å². The zero-order valence-electron chi connectivity index (χ0n) is 7.21. The number of rotatable bonds is 2. The summed E-state index contributed by atoms with van der Waals surface area (Å²) in [7, 11) is 0. The van der Waals surface area contributed by atoms with E-state index in [1.165, 1.54) is 0 Å². The molecule has 1 N–H and O–H groups in total. The van der Waals surface area contributed by atoms with Crippen molar-refractivity contribution in [3.05, 3.63) is 34.9 Å². The van der Waals surface area contributed by atoms with E-state index in [0.29, 0.717) is 6.07 Å². The van der Waals surface area contributed by atoms with Crippen molar-refractivity contribution >= 4 is 12.3 Å². The molecule has 0 aromatic heterocycles. The van der Waals surface area contributed by atoms with Gasteiger partial charge in [-0.25, -0.2) is 4.79 Å². The molecule has 15 heavy (non-hydrogen) atoms. The molecule has 6 heteroatoms. The van der Waals surface area contributed by atoms with Crippen LogP contribution in [0, 0.1) is 0 Å². The van der Waals surface area contributed by atoms with Gasteiger partial charge in [-0.2, -0.15) is 13.2 Å². The van der Waals surface area contributed by atoms with Crippen molar-refractivity contribution in [2.45, 2.75) is 6.18 Å². The molecule has 0 saturated heterocycles. The number of alkyl halides is 3. The third kappa shape index (κ3) is 2.15. The van der Waals surface area contributed by atoms with Gasteiger partial charge in [-0.05, 0) is 6.07 Å². The van der Waals surface area contributed by atoms with Crippen LogP contribution < -0.4 is 0 Å². The minimum atomic E-state index is -4.78. The predicted molar refractivity (Wildman–Crippen MR) is 43.8 cm³/mol. The van der Waals surface area contributed by atoms with Crippen LogP contribution in [0.1, 0.15) is 26.3 Å². The summed E-state index contributed by atoms with van der Waals surface area (Å²) < 4.78 is 37.0. The van der Waals surface area contributed by atoms with E-state index >= 15 is 0 Å². The van der Waals surface area contributed by atoms with Crippen molar-refractivity contribution in [3.8, 4) is 0 Å². The highest BCUT2D eigenvalue weighted by Gasteiger charge is 2.36. The Labute approximate surface area is 82.1 Å². The van der Waals surface area contributed by atoms with Gasteiger partial charge in [0, 0.05) is 5.56 Å². The number of carboxylic acids is 1. The van der Waals surface area contributed by atoms with Crippen LogP contribution >= 0.6 is 0 Å². The third-order valence-electron chi connectivity index (χ3n) is 1.74. The van der Waals surface area contributed by atoms with Crippen LogP contribution in [0.3, 0.4) is 0 Å². The number of aromatic carboxylic acids is 1. The van der Waals surface area contributed by atoms with Crippen molar-refractivity contribution in [3.63, 3.8) is 0 Å². The highest BCUT2D eigenvalue weighted by Crippen LogP contribution is 2.32. The summed E-state index contributed by atoms with van der Waals surface area (Å²) in [6, 6.07) is 2.63. The second-order valence-electron chi connectivity index (χ2n) is 2.69. The van der Waals surface area contributed by atoms with Gasteiger partial charge in [0.1, 0.15) is 0 Å². The first-order valence-corrected chi connectivity index (χ1v) is 3.76. The van der Waals surface area contributed by atoms with E-state index in [-0.39, 0.29) is 6.29 Å². The van der Waals surface area contributed by atoms with Gasteiger partial charge in [-0.1, -0.05) is 12.1 Å². The maximum absolute atomic E-state index is 12.3. The lowest BCUT2D eigenvalue weighted by Crippen LogP contribution is -2.15. The SMILES string of the molecule is O=Cc1cccc(C(F)(F)F)c1C(=O)O. The molecular formula is C9H5F3O3. The summed E-state index contributed by atoms with van der Waals surface area (Å²) >= 11 is 0. The summed E-state index contributed by atoms with van der Waals surface area (Å²) in [5, 5.41) is 8.58. The fraction of sp³-hybridized carbons (Fsp3) is 0.111. The number of halogens is 3. The molecule has 0 spiro atoms. The highest BCUT2D eigenvalue weighted by atomic mass is 19.4. The second-order valence-corrected chi connectivity index (χ2v) is 2.69. The van der Waals surface area contributed by atoms with Crippen LogP contribution in [0.15, 0.2) is 18.2 Å². The smallest absolute Gasteiger partial charge is 0.417 e. The average molecular weight is 218 g/mol. The number of hydrogen-bond acceptors (Lipinski definition) is 2. The molecule has 1 aromatic carbocycles. The van der Waals surface area contributed by atoms with Gasteiger partial charge < -0.3 is 5.11 Å². The minimum Gasteiger partial charge on any atom is -0.478 e. The van der Waals surface area contributed by atoms with Crippen LogP contribution in [0.5, 0.6) is 0 Å². The van der Waals surface area contributed by atoms with Gasteiger partial charge in [-0.3, -0.25) is 4.79 Å². The third-order valence-corrected chi connectivity index (χ3v) is 1.74. The van der Waals surface area contributed by atoms with Crippen molar-refractivity contribution in [1.82, 2.24) is 0 Å². The van der Waals surface area contributed by atoms with Crippen molar-refractivity contribution in [2.24, 2.45) is 0 Å². The van der Waals surface area contributed by atoms with E-state index in [2.05, 4.69) is 0 Å². The molecule has 0 atom stereocenters. The molecule has 0 aliphatic heterocycles. The van der Waals surface area contributed by atoms with Gasteiger partial charge >= 0.3 is 12.1 Å². The average Bonchev–Trinajstić information content (AvgIpc) is 2.15. The lowest BCUT2D eigenvalue weighted by Gasteiger charge is -2.10. The normalized spacial score (nSPS) is 11.1. The Morgan fingerprint density at radius 3 is 2.33 bits per heavy atom. The van der Waals surface area contributed by atoms with Gasteiger partial charge in [0.2, 0.25) is 0 Å². The fourth-order valence-electron chi connectivity index (χ4n) is 1.14. The summed E-state index contributed by atoms with van der Waals surface area (Å²) in [4.78, 5) is 21.0. The lowest BCUT2D eigenvalue weighted by atomic mass is 10.0. The number of carbonyl (C=O) groups excluding carboxylic acids is 1. The molecule has 1 aromatic rings. The zero-order valence-corrected chi connectivity index (χ0v) is 7.21. The van der Waals surface area contributed by atoms with Crippen LogP contribution in [0.25, 0.3) is 0 Å². The molecule has 0 amide bonds. The molecule has 0 heterocycles. The summed E-state index contributed by atoms with van der Waals surface area (Å²) in [6.45, 7) is 0. The van der Waals surface area contributed by atoms with Gasteiger partial charge in [0.05, 0.1) is 11.1 Å². The van der Waals surface area contributed by atoms with E-state index in [9.17, 15) is 22.8 Å². The molecule has 0 unspecified atom stereocenters. The first kappa shape index (κ1) is 11.2. The van der Waals surface area contributed by atoms with E-state index < -0.39 is 28.8 Å². The monoisotopic (exact) mass is 218 g/mol. The molecule has 0 aliphatic carbocycles.